The standard InChI is InChI=1S/C25H29N3O3/c1-17-6-3-9-21(12-17)26-24(30)19-8-4-10-22(13-19)28-16-20(14-23(28)29)25(31)27-11-5-7-18(2)15-27/h3-4,6,8-10,12-13,18,20H,5,7,11,14-16H2,1-2H3,(H,26,30)/t18-,20-/m0/s1. The summed E-state index contributed by atoms with van der Waals surface area (Å²) in [4.78, 5) is 41.9. The van der Waals surface area contributed by atoms with Gasteiger partial charge in [-0.3, -0.25) is 14.4 Å². The lowest BCUT2D eigenvalue weighted by Gasteiger charge is -2.32. The third kappa shape index (κ3) is 4.79. The van der Waals surface area contributed by atoms with Gasteiger partial charge in [0, 0.05) is 43.0 Å². The zero-order valence-corrected chi connectivity index (χ0v) is 18.1. The van der Waals surface area contributed by atoms with Crippen LogP contribution in [-0.4, -0.2) is 42.3 Å². The number of anilines is 2. The van der Waals surface area contributed by atoms with E-state index >= 15 is 0 Å². The van der Waals surface area contributed by atoms with E-state index in [1.807, 2.05) is 42.2 Å². The monoisotopic (exact) mass is 419 g/mol. The lowest BCUT2D eigenvalue weighted by molar-refractivity contribution is -0.137. The minimum atomic E-state index is -0.317. The fourth-order valence-electron chi connectivity index (χ4n) is 4.51. The maximum Gasteiger partial charge on any atom is 0.255 e. The number of benzene rings is 2. The van der Waals surface area contributed by atoms with Gasteiger partial charge in [-0.25, -0.2) is 0 Å². The van der Waals surface area contributed by atoms with E-state index in [4.69, 9.17) is 0 Å². The topological polar surface area (TPSA) is 69.7 Å². The molecular weight excluding hydrogens is 390 g/mol. The molecule has 0 radical (unpaired) electrons. The van der Waals surface area contributed by atoms with E-state index in [1.165, 1.54) is 0 Å². The number of nitrogens with zero attached hydrogens (tertiary/aromatic N) is 2. The predicted octanol–water partition coefficient (Wildman–Crippen LogP) is 3.86. The number of nitrogens with one attached hydrogen (secondary N) is 1. The third-order valence-electron chi connectivity index (χ3n) is 6.14. The van der Waals surface area contributed by atoms with Crippen molar-refractivity contribution < 1.29 is 14.4 Å². The SMILES string of the molecule is Cc1cccc(NC(=O)c2cccc(N3C[C@@H](C(=O)N4CCC[C@H](C)C4)CC3=O)c2)c1. The Morgan fingerprint density at radius 1 is 1.06 bits per heavy atom. The van der Waals surface area contributed by atoms with E-state index < -0.39 is 0 Å². The van der Waals surface area contributed by atoms with Crippen molar-refractivity contribution in [1.29, 1.82) is 0 Å². The van der Waals surface area contributed by atoms with Crippen LogP contribution in [0.1, 0.15) is 42.1 Å². The van der Waals surface area contributed by atoms with Crippen molar-refractivity contribution in [1.82, 2.24) is 4.90 Å². The summed E-state index contributed by atoms with van der Waals surface area (Å²) in [7, 11) is 0. The molecule has 2 aliphatic rings. The summed E-state index contributed by atoms with van der Waals surface area (Å²) in [6.45, 7) is 6.06. The quantitative estimate of drug-likeness (QED) is 0.818. The van der Waals surface area contributed by atoms with Gasteiger partial charge in [0.1, 0.15) is 0 Å². The van der Waals surface area contributed by atoms with Crippen LogP contribution in [0.3, 0.4) is 0 Å². The second kappa shape index (κ2) is 8.92. The predicted molar refractivity (Wildman–Crippen MR) is 121 cm³/mol. The summed E-state index contributed by atoms with van der Waals surface area (Å²) in [6.07, 6.45) is 2.40. The van der Waals surface area contributed by atoms with Gasteiger partial charge in [0.25, 0.3) is 5.91 Å². The molecule has 2 atom stereocenters. The van der Waals surface area contributed by atoms with Crippen molar-refractivity contribution in [3.8, 4) is 0 Å². The van der Waals surface area contributed by atoms with Gasteiger partial charge >= 0.3 is 0 Å². The second-order valence-corrected chi connectivity index (χ2v) is 8.81. The number of likely N-dealkylation sites (tertiary alicyclic amines) is 1. The highest BCUT2D eigenvalue weighted by Crippen LogP contribution is 2.28. The van der Waals surface area contributed by atoms with Gasteiger partial charge in [-0.15, -0.1) is 0 Å². The molecule has 6 nitrogen and oxygen atoms in total. The highest BCUT2D eigenvalue weighted by atomic mass is 16.2. The Hall–Kier alpha value is -3.15. The largest absolute Gasteiger partial charge is 0.342 e. The highest BCUT2D eigenvalue weighted by molar-refractivity contribution is 6.06. The summed E-state index contributed by atoms with van der Waals surface area (Å²) in [5.41, 5.74) is 2.93. The first-order chi connectivity index (χ1) is 14.9. The average Bonchev–Trinajstić information content (AvgIpc) is 3.15. The third-order valence-corrected chi connectivity index (χ3v) is 6.14. The van der Waals surface area contributed by atoms with E-state index in [0.29, 0.717) is 23.7 Å². The molecule has 6 heteroatoms. The fourth-order valence-corrected chi connectivity index (χ4v) is 4.51. The van der Waals surface area contributed by atoms with Crippen LogP contribution in [0.15, 0.2) is 48.5 Å². The Morgan fingerprint density at radius 2 is 1.87 bits per heavy atom. The lowest BCUT2D eigenvalue weighted by atomic mass is 9.98. The minimum absolute atomic E-state index is 0.0698. The number of aryl methyl sites for hydroxylation is 1. The Morgan fingerprint density at radius 3 is 2.65 bits per heavy atom. The Balaban J connectivity index is 1.45. The second-order valence-electron chi connectivity index (χ2n) is 8.81. The molecule has 0 saturated carbocycles. The molecule has 0 spiro atoms. The summed E-state index contributed by atoms with van der Waals surface area (Å²) < 4.78 is 0. The van der Waals surface area contributed by atoms with Crippen molar-refractivity contribution >= 4 is 29.1 Å². The van der Waals surface area contributed by atoms with E-state index in [0.717, 1.165) is 37.2 Å². The van der Waals surface area contributed by atoms with E-state index in [9.17, 15) is 14.4 Å². The Bertz CT molecular complexity index is 1000. The summed E-state index contributed by atoms with van der Waals surface area (Å²) in [5.74, 6) is -0.0264. The van der Waals surface area contributed by atoms with Crippen molar-refractivity contribution in [3.05, 3.63) is 59.7 Å². The fraction of sp³-hybridized carbons (Fsp3) is 0.400. The summed E-state index contributed by atoms with van der Waals surface area (Å²) in [6, 6.07) is 14.7. The van der Waals surface area contributed by atoms with Crippen molar-refractivity contribution in [3.63, 3.8) is 0 Å². The molecule has 0 unspecified atom stereocenters. The molecule has 2 heterocycles. The number of piperidine rings is 1. The zero-order chi connectivity index (χ0) is 22.0. The number of hydrogen-bond donors (Lipinski definition) is 1. The molecule has 1 N–H and O–H groups in total. The van der Waals surface area contributed by atoms with Crippen LogP contribution in [0.5, 0.6) is 0 Å². The molecular formula is C25H29N3O3. The smallest absolute Gasteiger partial charge is 0.255 e. The molecule has 2 saturated heterocycles. The first-order valence-electron chi connectivity index (χ1n) is 11.0. The molecule has 0 aromatic heterocycles. The van der Waals surface area contributed by atoms with Crippen LogP contribution in [0, 0.1) is 18.8 Å². The van der Waals surface area contributed by atoms with Crippen molar-refractivity contribution in [2.24, 2.45) is 11.8 Å². The molecule has 3 amide bonds. The first kappa shape index (κ1) is 21.1. The Kier molecular flexibility index (Phi) is 6.07. The molecule has 4 rings (SSSR count). The van der Waals surface area contributed by atoms with Gasteiger partial charge in [-0.2, -0.15) is 0 Å². The van der Waals surface area contributed by atoms with Gasteiger partial charge in [0.05, 0.1) is 5.92 Å². The summed E-state index contributed by atoms with van der Waals surface area (Å²) >= 11 is 0. The molecule has 0 aliphatic carbocycles. The molecule has 0 bridgehead atoms. The normalized spacial score (nSPS) is 21.3. The van der Waals surface area contributed by atoms with Crippen LogP contribution >= 0.6 is 0 Å². The first-order valence-corrected chi connectivity index (χ1v) is 11.0. The highest BCUT2D eigenvalue weighted by Gasteiger charge is 2.38. The number of carbonyl (C=O) groups is 3. The van der Waals surface area contributed by atoms with Gasteiger partial charge in [0.15, 0.2) is 0 Å². The van der Waals surface area contributed by atoms with Crippen LogP contribution in [-0.2, 0) is 9.59 Å². The molecule has 162 valence electrons. The molecule has 2 aromatic rings. The van der Waals surface area contributed by atoms with Crippen LogP contribution in [0.25, 0.3) is 0 Å². The van der Waals surface area contributed by atoms with Gasteiger partial charge in [-0.05, 0) is 61.6 Å². The Labute approximate surface area is 183 Å². The lowest BCUT2D eigenvalue weighted by Crippen LogP contribution is -2.43. The van der Waals surface area contributed by atoms with Gasteiger partial charge in [0.2, 0.25) is 11.8 Å². The van der Waals surface area contributed by atoms with Gasteiger partial charge in [-0.1, -0.05) is 25.1 Å². The average molecular weight is 420 g/mol. The van der Waals surface area contributed by atoms with Crippen molar-refractivity contribution in [2.45, 2.75) is 33.1 Å². The van der Waals surface area contributed by atoms with Crippen LogP contribution < -0.4 is 10.2 Å². The van der Waals surface area contributed by atoms with E-state index in [-0.39, 0.29) is 30.1 Å². The number of hydrogen-bond acceptors (Lipinski definition) is 3. The maximum atomic E-state index is 13.0. The minimum Gasteiger partial charge on any atom is -0.342 e. The molecule has 2 fully saturated rings. The zero-order valence-electron chi connectivity index (χ0n) is 18.1. The van der Waals surface area contributed by atoms with Crippen molar-refractivity contribution in [2.75, 3.05) is 29.9 Å². The van der Waals surface area contributed by atoms with E-state index in [1.54, 1.807) is 23.1 Å². The van der Waals surface area contributed by atoms with Crippen LogP contribution in [0.2, 0.25) is 0 Å². The van der Waals surface area contributed by atoms with Crippen LogP contribution in [0.4, 0.5) is 11.4 Å². The molecule has 2 aliphatic heterocycles. The number of carbonyl (C=O) groups excluding carboxylic acids is 3. The maximum absolute atomic E-state index is 13.0. The molecule has 2 aromatic carbocycles. The van der Waals surface area contributed by atoms with E-state index in [2.05, 4.69) is 12.2 Å². The molecule has 31 heavy (non-hydrogen) atoms. The number of rotatable bonds is 4. The summed E-state index contributed by atoms with van der Waals surface area (Å²) in [5, 5.41) is 2.90. The number of amides is 3. The van der Waals surface area contributed by atoms with Gasteiger partial charge < -0.3 is 15.1 Å².